The Morgan fingerprint density at radius 1 is 1.29 bits per heavy atom. The molecule has 1 aromatic heterocycles. The summed E-state index contributed by atoms with van der Waals surface area (Å²) in [4.78, 5) is 48.5. The smallest absolute Gasteiger partial charge is 0.373 e. The van der Waals surface area contributed by atoms with Crippen molar-refractivity contribution in [3.8, 4) is 5.75 Å². The molecule has 2 N–H and O–H groups in total. The van der Waals surface area contributed by atoms with Crippen LogP contribution < -0.4 is 10.1 Å². The summed E-state index contributed by atoms with van der Waals surface area (Å²) in [7, 11) is 1.20. The van der Waals surface area contributed by atoms with Gasteiger partial charge in [-0.1, -0.05) is 11.6 Å². The molecule has 1 unspecified atom stereocenters. The number of nitrogens with one attached hydrogen (secondary N) is 1. The summed E-state index contributed by atoms with van der Waals surface area (Å²) in [6.45, 7) is 1.14. The van der Waals surface area contributed by atoms with Gasteiger partial charge in [-0.15, -0.1) is 0 Å². The average Bonchev–Trinajstić information content (AvgIpc) is 3.30. The van der Waals surface area contributed by atoms with E-state index in [9.17, 15) is 19.2 Å². The Balaban J connectivity index is 1.83. The van der Waals surface area contributed by atoms with Crippen LogP contribution in [0.5, 0.6) is 5.75 Å². The highest BCUT2D eigenvalue weighted by Crippen LogP contribution is 2.27. The molecule has 0 spiro atoms. The van der Waals surface area contributed by atoms with Crippen LogP contribution in [0, 0.1) is 0 Å². The van der Waals surface area contributed by atoms with Crippen LogP contribution in [-0.4, -0.2) is 47.1 Å². The number of rotatable bonds is 7. The van der Waals surface area contributed by atoms with Gasteiger partial charge in [-0.05, 0) is 43.3 Å². The number of nitrogens with zero attached hydrogens (tertiary/aromatic N) is 1. The quantitative estimate of drug-likeness (QED) is 0.375. The Morgan fingerprint density at radius 2 is 2.03 bits per heavy atom. The summed E-state index contributed by atoms with van der Waals surface area (Å²) >= 11 is 6.01. The van der Waals surface area contributed by atoms with Crippen molar-refractivity contribution in [1.29, 1.82) is 0 Å². The van der Waals surface area contributed by atoms with Crippen LogP contribution in [0.3, 0.4) is 0 Å². The molecule has 3 rings (SSSR count). The number of carbonyl (C=O) groups excluding carboxylic acids is 3. The van der Waals surface area contributed by atoms with Crippen LogP contribution in [0.2, 0.25) is 5.02 Å². The third-order valence-corrected chi connectivity index (χ3v) is 4.48. The highest BCUT2D eigenvalue weighted by atomic mass is 35.5. The number of benzene rings is 1. The fourth-order valence-electron chi connectivity index (χ4n) is 2.68. The first-order valence-electron chi connectivity index (χ1n) is 8.90. The normalized spacial score (nSPS) is 15.7. The zero-order valence-corrected chi connectivity index (χ0v) is 17.1. The summed E-state index contributed by atoms with van der Waals surface area (Å²) in [5.41, 5.74) is 0.233. The van der Waals surface area contributed by atoms with E-state index in [2.05, 4.69) is 10.1 Å². The van der Waals surface area contributed by atoms with Gasteiger partial charge < -0.3 is 24.3 Å². The van der Waals surface area contributed by atoms with E-state index >= 15 is 0 Å². The molecule has 0 bridgehead atoms. The molecule has 0 aliphatic carbocycles. The third-order valence-electron chi connectivity index (χ3n) is 4.25. The largest absolute Gasteiger partial charge is 0.479 e. The SMILES string of the molecule is COC(=O)c1ccc(CN2C(=O)NC(=Cc3cc(Cl)ccc3OC(C)C(=O)O)C2=O)o1. The molecule has 11 heteroatoms. The second-order valence-corrected chi connectivity index (χ2v) is 6.85. The van der Waals surface area contributed by atoms with Crippen LogP contribution in [0.15, 0.2) is 40.4 Å². The van der Waals surface area contributed by atoms with E-state index in [0.29, 0.717) is 10.6 Å². The number of carboxylic acids is 1. The van der Waals surface area contributed by atoms with Gasteiger partial charge >= 0.3 is 18.0 Å². The van der Waals surface area contributed by atoms with Gasteiger partial charge in [0.1, 0.15) is 17.2 Å². The maximum atomic E-state index is 12.7. The number of esters is 1. The van der Waals surface area contributed by atoms with Crippen LogP contribution in [0.1, 0.15) is 28.8 Å². The number of imide groups is 1. The Morgan fingerprint density at radius 3 is 2.71 bits per heavy atom. The van der Waals surface area contributed by atoms with Crippen LogP contribution >= 0.6 is 11.6 Å². The summed E-state index contributed by atoms with van der Waals surface area (Å²) < 4.78 is 15.2. The lowest BCUT2D eigenvalue weighted by Crippen LogP contribution is -2.30. The second-order valence-electron chi connectivity index (χ2n) is 6.42. The first-order valence-corrected chi connectivity index (χ1v) is 9.28. The van der Waals surface area contributed by atoms with Gasteiger partial charge in [0.05, 0.1) is 13.7 Å². The highest BCUT2D eigenvalue weighted by Gasteiger charge is 2.34. The molecule has 162 valence electrons. The number of hydrogen-bond acceptors (Lipinski definition) is 7. The lowest BCUT2D eigenvalue weighted by Gasteiger charge is -2.13. The summed E-state index contributed by atoms with van der Waals surface area (Å²) in [5, 5.41) is 11.8. The minimum atomic E-state index is -1.17. The predicted molar refractivity (Wildman–Crippen MR) is 106 cm³/mol. The fraction of sp³-hybridized carbons (Fsp3) is 0.200. The summed E-state index contributed by atoms with van der Waals surface area (Å²) in [6.07, 6.45) is 0.185. The minimum Gasteiger partial charge on any atom is -0.479 e. The molecule has 1 aromatic carbocycles. The number of halogens is 1. The van der Waals surface area contributed by atoms with Gasteiger partial charge in [0.2, 0.25) is 5.76 Å². The van der Waals surface area contributed by atoms with E-state index in [-0.39, 0.29) is 29.5 Å². The van der Waals surface area contributed by atoms with Crippen molar-refractivity contribution in [3.05, 3.63) is 58.1 Å². The molecule has 1 fully saturated rings. The predicted octanol–water partition coefficient (Wildman–Crippen LogP) is 2.66. The first kappa shape index (κ1) is 21.9. The summed E-state index contributed by atoms with van der Waals surface area (Å²) in [5.74, 6) is -2.21. The Hall–Kier alpha value is -3.79. The zero-order chi connectivity index (χ0) is 22.7. The van der Waals surface area contributed by atoms with E-state index in [1.54, 1.807) is 0 Å². The van der Waals surface area contributed by atoms with Gasteiger partial charge in [0, 0.05) is 10.6 Å². The lowest BCUT2D eigenvalue weighted by atomic mass is 10.1. The number of amides is 3. The summed E-state index contributed by atoms with van der Waals surface area (Å²) in [6, 6.07) is 6.56. The van der Waals surface area contributed by atoms with E-state index < -0.39 is 30.0 Å². The first-order chi connectivity index (χ1) is 14.7. The number of ether oxygens (including phenoxy) is 2. The van der Waals surface area contributed by atoms with Crippen molar-refractivity contribution in [2.75, 3.05) is 7.11 Å². The van der Waals surface area contributed by atoms with E-state index in [1.807, 2.05) is 0 Å². The monoisotopic (exact) mass is 448 g/mol. The molecule has 3 amide bonds. The van der Waals surface area contributed by atoms with Gasteiger partial charge in [-0.25, -0.2) is 14.4 Å². The van der Waals surface area contributed by atoms with Crippen molar-refractivity contribution in [2.45, 2.75) is 19.6 Å². The number of hydrogen-bond donors (Lipinski definition) is 2. The van der Waals surface area contributed by atoms with Crippen LogP contribution in [0.4, 0.5) is 4.79 Å². The van der Waals surface area contributed by atoms with Gasteiger partial charge in [0.25, 0.3) is 5.91 Å². The number of urea groups is 1. The van der Waals surface area contributed by atoms with Gasteiger partial charge in [-0.2, -0.15) is 0 Å². The van der Waals surface area contributed by atoms with Crippen molar-refractivity contribution in [1.82, 2.24) is 10.2 Å². The minimum absolute atomic E-state index is 0.0615. The molecule has 0 saturated carbocycles. The Labute approximate surface area is 181 Å². The number of furan rings is 1. The number of aliphatic carboxylic acids is 1. The van der Waals surface area contributed by atoms with Crippen LogP contribution in [-0.2, 0) is 20.9 Å². The molecule has 2 heterocycles. The number of methoxy groups -OCH3 is 1. The van der Waals surface area contributed by atoms with Gasteiger partial charge in [-0.3, -0.25) is 9.69 Å². The molecule has 10 nitrogen and oxygen atoms in total. The van der Waals surface area contributed by atoms with E-state index in [0.717, 1.165) is 4.90 Å². The molecule has 1 aliphatic rings. The molecular formula is C20H17ClN2O8. The number of carboxylic acid groups (broad SMARTS) is 1. The van der Waals surface area contributed by atoms with Crippen LogP contribution in [0.25, 0.3) is 6.08 Å². The van der Waals surface area contributed by atoms with Crippen molar-refractivity contribution >= 4 is 41.6 Å². The maximum Gasteiger partial charge on any atom is 0.373 e. The molecular weight excluding hydrogens is 432 g/mol. The molecule has 0 radical (unpaired) electrons. The van der Waals surface area contributed by atoms with E-state index in [1.165, 1.54) is 50.4 Å². The standard InChI is InChI=1S/C20H17ClN2O8/c1-10(18(25)26)30-15-5-3-12(21)7-11(15)8-14-17(24)23(20(28)22-14)9-13-4-6-16(31-13)19(27)29-2/h3-8,10H,9H2,1-2H3,(H,22,28)(H,25,26). The molecule has 31 heavy (non-hydrogen) atoms. The zero-order valence-electron chi connectivity index (χ0n) is 16.4. The third kappa shape index (κ3) is 4.86. The van der Waals surface area contributed by atoms with Crippen molar-refractivity contribution in [3.63, 3.8) is 0 Å². The molecule has 1 saturated heterocycles. The second kappa shape index (κ2) is 8.92. The molecule has 1 atom stereocenters. The number of carbonyl (C=O) groups is 4. The van der Waals surface area contributed by atoms with Gasteiger partial charge in [0.15, 0.2) is 6.10 Å². The maximum absolute atomic E-state index is 12.7. The Bertz CT molecular complexity index is 1090. The van der Waals surface area contributed by atoms with Crippen molar-refractivity contribution in [2.24, 2.45) is 0 Å². The average molecular weight is 449 g/mol. The lowest BCUT2D eigenvalue weighted by molar-refractivity contribution is -0.144. The fourth-order valence-corrected chi connectivity index (χ4v) is 2.86. The topological polar surface area (TPSA) is 135 Å². The van der Waals surface area contributed by atoms with Crippen molar-refractivity contribution < 1.29 is 38.2 Å². The Kier molecular flexibility index (Phi) is 6.30. The van der Waals surface area contributed by atoms with E-state index in [4.69, 9.17) is 25.9 Å². The highest BCUT2D eigenvalue weighted by molar-refractivity contribution is 6.30. The molecule has 2 aromatic rings. The molecule has 1 aliphatic heterocycles.